The summed E-state index contributed by atoms with van der Waals surface area (Å²) in [5, 5.41) is 19.3. The minimum absolute atomic E-state index is 0.0954. The van der Waals surface area contributed by atoms with Gasteiger partial charge in [-0.2, -0.15) is 0 Å². The Morgan fingerprint density at radius 3 is 2.68 bits per heavy atom. The van der Waals surface area contributed by atoms with Crippen LogP contribution in [-0.4, -0.2) is 28.8 Å². The van der Waals surface area contributed by atoms with Crippen molar-refractivity contribution in [3.63, 3.8) is 0 Å². The standard InChI is InChI=1S/C20H20ClN3O4/c1-11-9-13(21)5-8-17(11)28-12(2)19(25)23-22-18-15-10-14(27-4)6-7-16(15)24(3)20(18)26/h5-10,12,26H,1-4H3. The lowest BCUT2D eigenvalue weighted by molar-refractivity contribution is -0.124. The van der Waals surface area contributed by atoms with Crippen molar-refractivity contribution in [2.24, 2.45) is 17.3 Å². The number of aryl methyl sites for hydroxylation is 2. The lowest BCUT2D eigenvalue weighted by Crippen LogP contribution is -2.21. The van der Waals surface area contributed by atoms with Crippen molar-refractivity contribution in [3.05, 3.63) is 47.0 Å². The first-order valence-corrected chi connectivity index (χ1v) is 8.93. The van der Waals surface area contributed by atoms with Crippen LogP contribution >= 0.6 is 11.6 Å². The van der Waals surface area contributed by atoms with E-state index in [9.17, 15) is 9.90 Å². The summed E-state index contributed by atoms with van der Waals surface area (Å²) in [6.07, 6.45) is -0.852. The van der Waals surface area contributed by atoms with Gasteiger partial charge < -0.3 is 19.1 Å². The van der Waals surface area contributed by atoms with E-state index in [0.717, 1.165) is 11.1 Å². The molecule has 3 aromatic rings. The molecule has 0 fully saturated rings. The Labute approximate surface area is 167 Å². The van der Waals surface area contributed by atoms with Gasteiger partial charge in [0.15, 0.2) is 11.8 Å². The van der Waals surface area contributed by atoms with Crippen LogP contribution in [0.5, 0.6) is 17.4 Å². The van der Waals surface area contributed by atoms with Crippen LogP contribution in [0.15, 0.2) is 46.6 Å². The maximum Gasteiger partial charge on any atom is 0.304 e. The molecule has 1 atom stereocenters. The van der Waals surface area contributed by atoms with Crippen molar-refractivity contribution < 1.29 is 19.4 Å². The van der Waals surface area contributed by atoms with E-state index in [0.29, 0.717) is 21.9 Å². The summed E-state index contributed by atoms with van der Waals surface area (Å²) in [4.78, 5) is 12.4. The minimum Gasteiger partial charge on any atom is -0.497 e. The van der Waals surface area contributed by atoms with Gasteiger partial charge in [-0.3, -0.25) is 4.79 Å². The van der Waals surface area contributed by atoms with Crippen LogP contribution in [0.3, 0.4) is 0 Å². The van der Waals surface area contributed by atoms with Crippen LogP contribution in [0.1, 0.15) is 12.5 Å². The zero-order chi connectivity index (χ0) is 20.4. The molecule has 0 saturated carbocycles. The number of carbonyl (C=O) groups is 1. The Morgan fingerprint density at radius 1 is 1.25 bits per heavy atom. The van der Waals surface area contributed by atoms with Gasteiger partial charge in [0.05, 0.1) is 12.6 Å². The Hall–Kier alpha value is -3.06. The van der Waals surface area contributed by atoms with Crippen LogP contribution in [-0.2, 0) is 11.8 Å². The smallest absolute Gasteiger partial charge is 0.304 e. The molecule has 1 aromatic heterocycles. The van der Waals surface area contributed by atoms with Gasteiger partial charge in [-0.25, -0.2) is 0 Å². The van der Waals surface area contributed by atoms with Gasteiger partial charge in [0, 0.05) is 17.5 Å². The maximum absolute atomic E-state index is 12.4. The lowest BCUT2D eigenvalue weighted by atomic mass is 10.2. The van der Waals surface area contributed by atoms with Gasteiger partial charge in [-0.1, -0.05) is 11.6 Å². The fraction of sp³-hybridized carbons (Fsp3) is 0.250. The molecule has 1 unspecified atom stereocenters. The Morgan fingerprint density at radius 2 is 2.00 bits per heavy atom. The molecular weight excluding hydrogens is 382 g/mol. The van der Waals surface area contributed by atoms with Crippen molar-refractivity contribution in [2.45, 2.75) is 20.0 Å². The van der Waals surface area contributed by atoms with E-state index in [2.05, 4.69) is 10.2 Å². The zero-order valence-corrected chi connectivity index (χ0v) is 16.7. The first-order chi connectivity index (χ1) is 13.3. The minimum atomic E-state index is -0.852. The highest BCUT2D eigenvalue weighted by Crippen LogP contribution is 2.39. The molecule has 8 heteroatoms. The molecule has 1 N–H and O–H groups in total. The Bertz CT molecular complexity index is 1070. The molecule has 0 aliphatic rings. The zero-order valence-electron chi connectivity index (χ0n) is 15.9. The number of azo groups is 1. The third kappa shape index (κ3) is 3.80. The predicted molar refractivity (Wildman–Crippen MR) is 107 cm³/mol. The van der Waals surface area contributed by atoms with Crippen molar-refractivity contribution in [1.29, 1.82) is 0 Å². The molecule has 3 rings (SSSR count). The normalized spacial score (nSPS) is 12.5. The summed E-state index contributed by atoms with van der Waals surface area (Å²) in [7, 11) is 3.24. The summed E-state index contributed by atoms with van der Waals surface area (Å²) in [6.45, 7) is 3.42. The number of aromatic hydroxyl groups is 1. The number of methoxy groups -OCH3 is 1. The first-order valence-electron chi connectivity index (χ1n) is 8.55. The van der Waals surface area contributed by atoms with Gasteiger partial charge in [0.1, 0.15) is 11.5 Å². The monoisotopic (exact) mass is 401 g/mol. The number of halogens is 1. The molecule has 146 valence electrons. The molecule has 0 radical (unpaired) electrons. The van der Waals surface area contributed by atoms with E-state index < -0.39 is 12.0 Å². The van der Waals surface area contributed by atoms with Crippen molar-refractivity contribution >= 4 is 34.1 Å². The van der Waals surface area contributed by atoms with E-state index in [1.54, 1.807) is 62.0 Å². The van der Waals surface area contributed by atoms with Crippen molar-refractivity contribution in [3.8, 4) is 17.4 Å². The molecule has 0 aliphatic heterocycles. The van der Waals surface area contributed by atoms with E-state index in [1.807, 2.05) is 6.92 Å². The SMILES string of the molecule is COc1ccc2c(c1)c(N=NC(=O)C(C)Oc1ccc(Cl)cc1C)c(O)n2C. The van der Waals surface area contributed by atoms with Crippen LogP contribution in [0, 0.1) is 6.92 Å². The number of nitrogens with zero attached hydrogens (tertiary/aromatic N) is 3. The number of amides is 1. The third-order valence-corrected chi connectivity index (χ3v) is 4.62. The third-order valence-electron chi connectivity index (χ3n) is 4.39. The molecule has 28 heavy (non-hydrogen) atoms. The molecule has 1 heterocycles. The summed E-state index contributed by atoms with van der Waals surface area (Å²) in [6, 6.07) is 10.4. The van der Waals surface area contributed by atoms with Gasteiger partial charge in [-0.05, 0) is 55.8 Å². The van der Waals surface area contributed by atoms with Gasteiger partial charge in [0.2, 0.25) is 5.88 Å². The van der Waals surface area contributed by atoms with Crippen LogP contribution in [0.4, 0.5) is 5.69 Å². The lowest BCUT2D eigenvalue weighted by Gasteiger charge is -2.13. The number of fused-ring (bicyclic) bond motifs is 1. The first kappa shape index (κ1) is 19.7. The second-order valence-electron chi connectivity index (χ2n) is 6.32. The number of aromatic nitrogens is 1. The number of benzene rings is 2. The molecule has 0 spiro atoms. The fourth-order valence-electron chi connectivity index (χ4n) is 2.78. The van der Waals surface area contributed by atoms with Gasteiger partial charge in [0.25, 0.3) is 0 Å². The Kier molecular flexibility index (Phi) is 5.56. The van der Waals surface area contributed by atoms with Crippen LogP contribution in [0.2, 0.25) is 5.02 Å². The number of carbonyl (C=O) groups excluding carboxylic acids is 1. The molecule has 0 bridgehead atoms. The van der Waals surface area contributed by atoms with Crippen LogP contribution < -0.4 is 9.47 Å². The summed E-state index contributed by atoms with van der Waals surface area (Å²) < 4.78 is 12.4. The second-order valence-corrected chi connectivity index (χ2v) is 6.76. The van der Waals surface area contributed by atoms with Crippen molar-refractivity contribution in [1.82, 2.24) is 4.57 Å². The van der Waals surface area contributed by atoms with E-state index in [1.165, 1.54) is 0 Å². The van der Waals surface area contributed by atoms with Gasteiger partial charge >= 0.3 is 5.91 Å². The number of rotatable bonds is 5. The summed E-state index contributed by atoms with van der Waals surface area (Å²) in [5.41, 5.74) is 1.74. The molecule has 1 amide bonds. The van der Waals surface area contributed by atoms with E-state index in [-0.39, 0.29) is 11.6 Å². The van der Waals surface area contributed by atoms with Crippen molar-refractivity contribution in [2.75, 3.05) is 7.11 Å². The average molecular weight is 402 g/mol. The second kappa shape index (κ2) is 7.90. The highest BCUT2D eigenvalue weighted by Gasteiger charge is 2.18. The number of ether oxygens (including phenoxy) is 2. The molecular formula is C20H20ClN3O4. The summed E-state index contributed by atoms with van der Waals surface area (Å²) >= 11 is 5.93. The molecule has 0 saturated heterocycles. The molecule has 0 aliphatic carbocycles. The topological polar surface area (TPSA) is 85.4 Å². The number of hydrogen-bond acceptors (Lipinski definition) is 5. The van der Waals surface area contributed by atoms with Gasteiger partial charge in [-0.15, -0.1) is 10.2 Å². The van der Waals surface area contributed by atoms with E-state index >= 15 is 0 Å². The fourth-order valence-corrected chi connectivity index (χ4v) is 3.01. The Balaban J connectivity index is 1.84. The average Bonchev–Trinajstić information content (AvgIpc) is 2.91. The summed E-state index contributed by atoms with van der Waals surface area (Å²) in [5.74, 6) is 0.476. The van der Waals surface area contributed by atoms with Crippen LogP contribution in [0.25, 0.3) is 10.9 Å². The quantitative estimate of drug-likeness (QED) is 0.614. The predicted octanol–water partition coefficient (Wildman–Crippen LogP) is 4.93. The molecule has 2 aromatic carbocycles. The highest BCUT2D eigenvalue weighted by atomic mass is 35.5. The molecule has 7 nitrogen and oxygen atoms in total. The highest BCUT2D eigenvalue weighted by molar-refractivity contribution is 6.30. The maximum atomic E-state index is 12.4. The number of hydrogen-bond donors (Lipinski definition) is 1. The van der Waals surface area contributed by atoms with E-state index in [4.69, 9.17) is 21.1 Å². The largest absolute Gasteiger partial charge is 0.497 e.